The van der Waals surface area contributed by atoms with Crippen molar-refractivity contribution >= 4 is 11.6 Å². The molecular weight excluding hydrogens is 349 g/mol. The van der Waals surface area contributed by atoms with E-state index in [1.54, 1.807) is 5.32 Å². The summed E-state index contributed by atoms with van der Waals surface area (Å²) in [5.41, 5.74) is -4.24. The largest absolute Gasteiger partial charge is 0.482 e. The van der Waals surface area contributed by atoms with Gasteiger partial charge in [-0.1, -0.05) is 0 Å². The summed E-state index contributed by atoms with van der Waals surface area (Å²) in [5, 5.41) is 1.79. The van der Waals surface area contributed by atoms with Crippen LogP contribution in [-0.4, -0.2) is 25.7 Å². The molecule has 1 amide bonds. The van der Waals surface area contributed by atoms with Gasteiger partial charge in [0.2, 0.25) is 0 Å². The molecule has 0 aliphatic carbocycles. The zero-order valence-corrected chi connectivity index (χ0v) is 12.7. The van der Waals surface area contributed by atoms with Crippen molar-refractivity contribution < 1.29 is 22.7 Å². The van der Waals surface area contributed by atoms with Gasteiger partial charge in [0.1, 0.15) is 0 Å². The Morgan fingerprint density at radius 1 is 1.00 bits per heavy atom. The van der Waals surface area contributed by atoms with Gasteiger partial charge in [-0.2, -0.15) is 8.78 Å². The maximum atomic E-state index is 14.3. The van der Waals surface area contributed by atoms with Crippen molar-refractivity contribution in [3.63, 3.8) is 0 Å². The molecule has 0 unspecified atom stereocenters. The SMILES string of the molecule is Cn1c(=O)n(C)c(=O)n(-c2cc3c(cc2F)OC(F)(F)C(=O)N3)c1=O. The Morgan fingerprint density at radius 2 is 1.56 bits per heavy atom. The number of nitrogens with one attached hydrogen (secondary N) is 1. The number of rotatable bonds is 1. The lowest BCUT2D eigenvalue weighted by Gasteiger charge is -2.25. The minimum Gasteiger partial charge on any atom is -0.423 e. The van der Waals surface area contributed by atoms with Crippen LogP contribution in [0.15, 0.2) is 26.5 Å². The monoisotopic (exact) mass is 358 g/mol. The summed E-state index contributed by atoms with van der Waals surface area (Å²) in [6, 6.07) is 1.28. The Labute approximate surface area is 135 Å². The fourth-order valence-electron chi connectivity index (χ4n) is 2.25. The molecule has 1 aromatic heterocycles. The molecule has 1 aliphatic heterocycles. The molecule has 0 saturated carbocycles. The number of carbonyl (C=O) groups excluding carboxylic acids is 1. The number of nitrogens with zero attached hydrogens (tertiary/aromatic N) is 3. The minimum atomic E-state index is -4.19. The molecule has 2 aromatic rings. The summed E-state index contributed by atoms with van der Waals surface area (Å²) in [4.78, 5) is 47.2. The van der Waals surface area contributed by atoms with Gasteiger partial charge in [0.25, 0.3) is 0 Å². The lowest BCUT2D eigenvalue weighted by atomic mass is 10.2. The maximum Gasteiger partial charge on any atom is 0.482 e. The zero-order valence-electron chi connectivity index (χ0n) is 12.7. The van der Waals surface area contributed by atoms with Crippen LogP contribution in [0.3, 0.4) is 0 Å². The number of alkyl halides is 2. The third-order valence-corrected chi connectivity index (χ3v) is 3.57. The number of ether oxygens (including phenoxy) is 1. The minimum absolute atomic E-state index is 0.329. The Hall–Kier alpha value is -3.31. The predicted octanol–water partition coefficient (Wildman–Crippen LogP) is -0.702. The normalized spacial score (nSPS) is 15.3. The molecule has 0 fully saturated rings. The molecule has 9 nitrogen and oxygen atoms in total. The van der Waals surface area contributed by atoms with Crippen molar-refractivity contribution in [3.05, 3.63) is 49.4 Å². The smallest absolute Gasteiger partial charge is 0.423 e. The third kappa shape index (κ3) is 2.33. The summed E-state index contributed by atoms with van der Waals surface area (Å²) in [7, 11) is 2.14. The fourth-order valence-corrected chi connectivity index (χ4v) is 2.25. The van der Waals surface area contributed by atoms with E-state index in [4.69, 9.17) is 0 Å². The Kier molecular flexibility index (Phi) is 3.37. The number of hydrogen-bond acceptors (Lipinski definition) is 5. The van der Waals surface area contributed by atoms with E-state index >= 15 is 0 Å². The van der Waals surface area contributed by atoms with E-state index in [1.807, 2.05) is 0 Å². The molecule has 1 aliphatic rings. The van der Waals surface area contributed by atoms with E-state index in [2.05, 4.69) is 4.74 Å². The highest BCUT2D eigenvalue weighted by Gasteiger charge is 2.46. The van der Waals surface area contributed by atoms with Crippen LogP contribution in [0.5, 0.6) is 5.75 Å². The van der Waals surface area contributed by atoms with Crippen LogP contribution >= 0.6 is 0 Å². The van der Waals surface area contributed by atoms with Crippen LogP contribution in [0, 0.1) is 5.82 Å². The number of carbonyl (C=O) groups is 1. The van der Waals surface area contributed by atoms with Gasteiger partial charge in [0.05, 0.1) is 11.4 Å². The summed E-state index contributed by atoms with van der Waals surface area (Å²) < 4.78 is 46.3. The average molecular weight is 358 g/mol. The van der Waals surface area contributed by atoms with E-state index in [9.17, 15) is 32.3 Å². The molecule has 132 valence electrons. The molecule has 0 atom stereocenters. The highest BCUT2D eigenvalue weighted by molar-refractivity contribution is 5.98. The Balaban J connectivity index is 2.31. The lowest BCUT2D eigenvalue weighted by Crippen LogP contribution is -2.52. The predicted molar refractivity (Wildman–Crippen MR) is 76.7 cm³/mol. The molecule has 0 saturated heterocycles. The second kappa shape index (κ2) is 5.09. The summed E-state index contributed by atoms with van der Waals surface area (Å²) in [5.74, 6) is -3.72. The van der Waals surface area contributed by atoms with E-state index in [0.29, 0.717) is 19.8 Å². The number of fused-ring (bicyclic) bond motifs is 1. The zero-order chi connectivity index (χ0) is 18.7. The van der Waals surface area contributed by atoms with Crippen molar-refractivity contribution in [2.45, 2.75) is 6.11 Å². The number of aromatic nitrogens is 3. The second-order valence-corrected chi connectivity index (χ2v) is 5.17. The number of halogens is 3. The molecule has 3 rings (SSSR count). The first-order valence-electron chi connectivity index (χ1n) is 6.66. The molecule has 0 bridgehead atoms. The van der Waals surface area contributed by atoms with Gasteiger partial charge in [0.15, 0.2) is 11.6 Å². The molecule has 12 heteroatoms. The Morgan fingerprint density at radius 3 is 2.12 bits per heavy atom. The van der Waals surface area contributed by atoms with Gasteiger partial charge in [-0.05, 0) is 6.07 Å². The van der Waals surface area contributed by atoms with Crippen LogP contribution in [0.1, 0.15) is 0 Å². The van der Waals surface area contributed by atoms with Crippen LogP contribution in [0.25, 0.3) is 5.69 Å². The van der Waals surface area contributed by atoms with Gasteiger partial charge in [0, 0.05) is 20.2 Å². The van der Waals surface area contributed by atoms with Gasteiger partial charge in [-0.3, -0.25) is 4.79 Å². The standard InChI is InChI=1S/C13H9F3N4O5/c1-18-10(22)19(2)12(24)20(11(18)23)7-4-6-8(3-5(7)14)25-13(15,16)9(21)17-6/h3-4H,1-2H3,(H,17,21). The summed E-state index contributed by atoms with van der Waals surface area (Å²) in [6.07, 6.45) is -4.19. The van der Waals surface area contributed by atoms with E-state index < -0.39 is 46.3 Å². The molecule has 0 radical (unpaired) electrons. The van der Waals surface area contributed by atoms with Crippen molar-refractivity contribution in [2.24, 2.45) is 14.1 Å². The first-order valence-corrected chi connectivity index (χ1v) is 6.66. The van der Waals surface area contributed by atoms with Crippen molar-refractivity contribution in [3.8, 4) is 11.4 Å². The second-order valence-electron chi connectivity index (χ2n) is 5.17. The maximum absolute atomic E-state index is 14.3. The van der Waals surface area contributed by atoms with Gasteiger partial charge >= 0.3 is 29.1 Å². The molecule has 2 heterocycles. The van der Waals surface area contributed by atoms with Crippen LogP contribution in [-0.2, 0) is 18.9 Å². The summed E-state index contributed by atoms with van der Waals surface area (Å²) >= 11 is 0. The number of amides is 1. The first-order chi connectivity index (χ1) is 11.5. The molecule has 25 heavy (non-hydrogen) atoms. The van der Waals surface area contributed by atoms with Crippen molar-refractivity contribution in [2.75, 3.05) is 5.32 Å². The fraction of sp³-hybridized carbons (Fsp3) is 0.231. The number of anilines is 1. The highest BCUT2D eigenvalue weighted by Crippen LogP contribution is 2.37. The van der Waals surface area contributed by atoms with Crippen LogP contribution in [0.4, 0.5) is 18.9 Å². The molecule has 0 spiro atoms. The quantitative estimate of drug-likeness (QED) is 0.726. The average Bonchev–Trinajstić information content (AvgIpc) is 2.53. The molecule has 1 N–H and O–H groups in total. The number of benzene rings is 1. The summed E-state index contributed by atoms with van der Waals surface area (Å²) in [6.45, 7) is 0. The molecule has 1 aromatic carbocycles. The first kappa shape index (κ1) is 16.5. The van der Waals surface area contributed by atoms with Gasteiger partial charge in [-0.25, -0.2) is 32.5 Å². The molecular formula is C13H9F3N4O5. The Bertz CT molecular complexity index is 1060. The van der Waals surface area contributed by atoms with Gasteiger partial charge < -0.3 is 10.1 Å². The van der Waals surface area contributed by atoms with Crippen LogP contribution in [0.2, 0.25) is 0 Å². The third-order valence-electron chi connectivity index (χ3n) is 3.57. The van der Waals surface area contributed by atoms with Crippen LogP contribution < -0.4 is 27.1 Å². The van der Waals surface area contributed by atoms with Gasteiger partial charge in [-0.15, -0.1) is 0 Å². The van der Waals surface area contributed by atoms with Crippen molar-refractivity contribution in [1.82, 2.24) is 13.7 Å². The lowest BCUT2D eigenvalue weighted by molar-refractivity contribution is -0.189. The van der Waals surface area contributed by atoms with E-state index in [1.165, 1.54) is 0 Å². The number of hydrogen-bond donors (Lipinski definition) is 1. The highest BCUT2D eigenvalue weighted by atomic mass is 19.3. The topological polar surface area (TPSA) is 104 Å². The van der Waals surface area contributed by atoms with Crippen molar-refractivity contribution in [1.29, 1.82) is 0 Å². The van der Waals surface area contributed by atoms with E-state index in [-0.39, 0.29) is 5.69 Å². The van der Waals surface area contributed by atoms with E-state index in [0.717, 1.165) is 20.2 Å².